The molecule has 2 aromatic heterocycles. The lowest BCUT2D eigenvalue weighted by Crippen LogP contribution is -2.19. The summed E-state index contributed by atoms with van der Waals surface area (Å²) in [5.41, 5.74) is 3.27. The topological polar surface area (TPSA) is 64.4 Å². The Balaban J connectivity index is 2.00. The van der Waals surface area contributed by atoms with Crippen molar-refractivity contribution < 1.29 is 9.47 Å². The van der Waals surface area contributed by atoms with Crippen LogP contribution in [0.2, 0.25) is 0 Å². The molecule has 0 atom stereocenters. The highest BCUT2D eigenvalue weighted by atomic mass is 16.5. The van der Waals surface area contributed by atoms with Crippen LogP contribution >= 0.6 is 0 Å². The molecule has 0 radical (unpaired) electrons. The van der Waals surface area contributed by atoms with Crippen LogP contribution in [0.1, 0.15) is 16.8 Å². The van der Waals surface area contributed by atoms with Crippen LogP contribution < -0.4 is 15.0 Å². The van der Waals surface area contributed by atoms with Gasteiger partial charge in [0, 0.05) is 58.7 Å². The maximum Gasteiger partial charge on any atom is 0.217 e. The van der Waals surface area contributed by atoms with Gasteiger partial charge in [0.1, 0.15) is 12.4 Å². The first-order valence-corrected chi connectivity index (χ1v) is 8.00. The minimum Gasteiger partial charge on any atom is -0.475 e. The molecular formula is C17H27N5O2. The standard InChI is InChI=1S/C17H27N5O2/c1-13-15(17(21(2)3)22(4)20-13)12-18-11-14-7-6-8-19-16(14)24-10-9-23-5/h6-8,18H,9-12H2,1-5H3. The van der Waals surface area contributed by atoms with Crippen molar-refractivity contribution in [2.45, 2.75) is 20.0 Å². The average molecular weight is 333 g/mol. The number of hydrogen-bond acceptors (Lipinski definition) is 6. The normalized spacial score (nSPS) is 10.9. The number of rotatable bonds is 9. The van der Waals surface area contributed by atoms with E-state index in [1.165, 1.54) is 5.56 Å². The van der Waals surface area contributed by atoms with E-state index >= 15 is 0 Å². The Kier molecular flexibility index (Phi) is 6.57. The van der Waals surface area contributed by atoms with E-state index in [0.29, 0.717) is 25.6 Å². The summed E-state index contributed by atoms with van der Waals surface area (Å²) < 4.78 is 12.6. The number of pyridine rings is 1. The molecule has 132 valence electrons. The van der Waals surface area contributed by atoms with Crippen molar-refractivity contribution in [1.29, 1.82) is 0 Å². The van der Waals surface area contributed by atoms with Crippen molar-refractivity contribution in [2.24, 2.45) is 7.05 Å². The molecule has 2 heterocycles. The summed E-state index contributed by atoms with van der Waals surface area (Å²) in [4.78, 5) is 6.38. The molecule has 2 aromatic rings. The van der Waals surface area contributed by atoms with E-state index in [1.54, 1.807) is 13.3 Å². The van der Waals surface area contributed by atoms with Gasteiger partial charge in [-0.1, -0.05) is 6.07 Å². The molecule has 0 saturated carbocycles. The monoisotopic (exact) mass is 333 g/mol. The third-order valence-corrected chi connectivity index (χ3v) is 3.73. The molecule has 0 aliphatic carbocycles. The van der Waals surface area contributed by atoms with Crippen LogP contribution in [0.5, 0.6) is 5.88 Å². The second kappa shape index (κ2) is 8.65. The Bertz CT molecular complexity index is 654. The zero-order valence-electron chi connectivity index (χ0n) is 15.2. The summed E-state index contributed by atoms with van der Waals surface area (Å²) in [7, 11) is 7.68. The number of hydrogen-bond donors (Lipinski definition) is 1. The molecule has 0 amide bonds. The van der Waals surface area contributed by atoms with Gasteiger partial charge in [-0.05, 0) is 13.0 Å². The summed E-state index contributed by atoms with van der Waals surface area (Å²) in [6, 6.07) is 3.94. The molecule has 1 N–H and O–H groups in total. The van der Waals surface area contributed by atoms with E-state index in [9.17, 15) is 0 Å². The molecule has 2 rings (SSSR count). The molecule has 0 unspecified atom stereocenters. The van der Waals surface area contributed by atoms with Gasteiger partial charge in [0.05, 0.1) is 12.3 Å². The highest BCUT2D eigenvalue weighted by molar-refractivity contribution is 5.48. The zero-order valence-corrected chi connectivity index (χ0v) is 15.2. The summed E-state index contributed by atoms with van der Waals surface area (Å²) in [5.74, 6) is 1.76. The van der Waals surface area contributed by atoms with Gasteiger partial charge in [-0.2, -0.15) is 5.10 Å². The lowest BCUT2D eigenvalue weighted by atomic mass is 10.2. The van der Waals surface area contributed by atoms with E-state index in [1.807, 2.05) is 44.9 Å². The van der Waals surface area contributed by atoms with Gasteiger partial charge in [0.2, 0.25) is 5.88 Å². The van der Waals surface area contributed by atoms with Crippen LogP contribution in [0.15, 0.2) is 18.3 Å². The maximum atomic E-state index is 5.67. The Morgan fingerprint density at radius 2 is 2.04 bits per heavy atom. The van der Waals surface area contributed by atoms with Crippen molar-refractivity contribution >= 4 is 5.82 Å². The fourth-order valence-electron chi connectivity index (χ4n) is 2.69. The predicted molar refractivity (Wildman–Crippen MR) is 94.4 cm³/mol. The van der Waals surface area contributed by atoms with Gasteiger partial charge in [-0.3, -0.25) is 4.68 Å². The molecule has 0 aliphatic heterocycles. The number of methoxy groups -OCH3 is 1. The first kappa shape index (κ1) is 18.2. The van der Waals surface area contributed by atoms with Crippen LogP contribution in [-0.2, 0) is 24.9 Å². The molecule has 0 fully saturated rings. The van der Waals surface area contributed by atoms with Gasteiger partial charge in [0.15, 0.2) is 0 Å². The largest absolute Gasteiger partial charge is 0.475 e. The second-order valence-electron chi connectivity index (χ2n) is 5.82. The van der Waals surface area contributed by atoms with Crippen LogP contribution in [0.4, 0.5) is 5.82 Å². The minimum absolute atomic E-state index is 0.493. The number of ether oxygens (including phenoxy) is 2. The highest BCUT2D eigenvalue weighted by Gasteiger charge is 2.14. The molecule has 0 aliphatic rings. The molecular weight excluding hydrogens is 306 g/mol. The van der Waals surface area contributed by atoms with Crippen molar-refractivity contribution in [3.05, 3.63) is 35.2 Å². The SMILES string of the molecule is COCCOc1ncccc1CNCc1c(C)nn(C)c1N(C)C. The fourth-order valence-corrected chi connectivity index (χ4v) is 2.69. The van der Waals surface area contributed by atoms with E-state index in [0.717, 1.165) is 23.6 Å². The van der Waals surface area contributed by atoms with E-state index in [4.69, 9.17) is 9.47 Å². The number of anilines is 1. The molecule has 0 bridgehead atoms. The molecule has 0 saturated heterocycles. The van der Waals surface area contributed by atoms with Gasteiger partial charge in [-0.25, -0.2) is 4.98 Å². The molecule has 24 heavy (non-hydrogen) atoms. The van der Waals surface area contributed by atoms with Gasteiger partial charge in [-0.15, -0.1) is 0 Å². The third kappa shape index (κ3) is 4.46. The van der Waals surface area contributed by atoms with Crippen LogP contribution in [0.3, 0.4) is 0 Å². The predicted octanol–water partition coefficient (Wildman–Crippen LogP) is 1.50. The lowest BCUT2D eigenvalue weighted by Gasteiger charge is -2.16. The average Bonchev–Trinajstić information content (AvgIpc) is 2.83. The van der Waals surface area contributed by atoms with Crippen LogP contribution in [-0.4, -0.2) is 49.2 Å². The maximum absolute atomic E-state index is 5.67. The van der Waals surface area contributed by atoms with Crippen molar-refractivity contribution in [3.63, 3.8) is 0 Å². The Hall–Kier alpha value is -2.12. The Morgan fingerprint density at radius 1 is 1.25 bits per heavy atom. The molecule has 7 nitrogen and oxygen atoms in total. The molecule has 0 spiro atoms. The number of nitrogens with zero attached hydrogens (tertiary/aromatic N) is 4. The highest BCUT2D eigenvalue weighted by Crippen LogP contribution is 2.21. The Morgan fingerprint density at radius 3 is 2.75 bits per heavy atom. The van der Waals surface area contributed by atoms with E-state index in [-0.39, 0.29) is 0 Å². The minimum atomic E-state index is 0.493. The fraction of sp³-hybridized carbons (Fsp3) is 0.529. The first-order chi connectivity index (χ1) is 11.5. The Labute approximate surface area is 143 Å². The molecule has 7 heteroatoms. The lowest BCUT2D eigenvalue weighted by molar-refractivity contribution is 0.143. The van der Waals surface area contributed by atoms with Gasteiger partial charge < -0.3 is 19.7 Å². The second-order valence-corrected chi connectivity index (χ2v) is 5.82. The quantitative estimate of drug-likeness (QED) is 0.702. The van der Waals surface area contributed by atoms with Crippen molar-refractivity contribution in [2.75, 3.05) is 39.3 Å². The summed E-state index contributed by atoms with van der Waals surface area (Å²) in [6.07, 6.45) is 1.74. The number of nitrogens with one attached hydrogen (secondary N) is 1. The van der Waals surface area contributed by atoms with E-state index in [2.05, 4.69) is 20.3 Å². The van der Waals surface area contributed by atoms with Crippen LogP contribution in [0.25, 0.3) is 0 Å². The summed E-state index contributed by atoms with van der Waals surface area (Å²) >= 11 is 0. The van der Waals surface area contributed by atoms with Gasteiger partial charge in [0.25, 0.3) is 0 Å². The summed E-state index contributed by atoms with van der Waals surface area (Å²) in [5, 5.41) is 7.98. The van der Waals surface area contributed by atoms with Crippen molar-refractivity contribution in [3.8, 4) is 5.88 Å². The molecule has 0 aromatic carbocycles. The first-order valence-electron chi connectivity index (χ1n) is 8.00. The zero-order chi connectivity index (χ0) is 17.5. The number of aryl methyl sites for hydroxylation is 2. The van der Waals surface area contributed by atoms with Crippen molar-refractivity contribution in [1.82, 2.24) is 20.1 Å². The number of aromatic nitrogens is 3. The van der Waals surface area contributed by atoms with Gasteiger partial charge >= 0.3 is 0 Å². The van der Waals surface area contributed by atoms with Crippen LogP contribution in [0, 0.1) is 6.92 Å². The summed E-state index contributed by atoms with van der Waals surface area (Å²) in [6.45, 7) is 4.49. The third-order valence-electron chi connectivity index (χ3n) is 3.73. The smallest absolute Gasteiger partial charge is 0.217 e. The van der Waals surface area contributed by atoms with E-state index < -0.39 is 0 Å².